The maximum absolute atomic E-state index is 11.7. The molecule has 80 valence electrons. The van der Waals surface area contributed by atoms with Crippen molar-refractivity contribution in [2.24, 2.45) is 5.92 Å². The SMILES string of the molecule is CNC(=O)[C@@H]1CCCN1C(=O)C(C)C. The fraction of sp³-hybridized carbons (Fsp3) is 0.800. The summed E-state index contributed by atoms with van der Waals surface area (Å²) < 4.78 is 0. The van der Waals surface area contributed by atoms with Gasteiger partial charge < -0.3 is 10.2 Å². The molecule has 1 aliphatic rings. The molecule has 1 fully saturated rings. The number of rotatable bonds is 2. The van der Waals surface area contributed by atoms with Crippen LogP contribution in [-0.2, 0) is 9.59 Å². The predicted octanol–water partition coefficient (Wildman–Crippen LogP) is 0.379. The highest BCUT2D eigenvalue weighted by Gasteiger charge is 2.34. The molecule has 0 bridgehead atoms. The molecule has 0 aromatic heterocycles. The summed E-state index contributed by atoms with van der Waals surface area (Å²) >= 11 is 0. The molecule has 0 spiro atoms. The number of likely N-dealkylation sites (tertiary alicyclic amines) is 1. The zero-order valence-corrected chi connectivity index (χ0v) is 9.04. The van der Waals surface area contributed by atoms with E-state index in [0.717, 1.165) is 19.4 Å². The molecule has 0 aromatic rings. The van der Waals surface area contributed by atoms with Crippen LogP contribution in [0.4, 0.5) is 0 Å². The second-order valence-electron chi connectivity index (χ2n) is 3.96. The Morgan fingerprint density at radius 3 is 2.57 bits per heavy atom. The third-order valence-corrected chi connectivity index (χ3v) is 2.58. The van der Waals surface area contributed by atoms with Crippen LogP contribution in [0, 0.1) is 5.92 Å². The van der Waals surface area contributed by atoms with Crippen molar-refractivity contribution in [2.45, 2.75) is 32.7 Å². The quantitative estimate of drug-likeness (QED) is 0.697. The van der Waals surface area contributed by atoms with Gasteiger partial charge in [0.05, 0.1) is 0 Å². The van der Waals surface area contributed by atoms with Crippen molar-refractivity contribution in [2.75, 3.05) is 13.6 Å². The first-order chi connectivity index (χ1) is 6.57. The highest BCUT2D eigenvalue weighted by Crippen LogP contribution is 2.19. The molecule has 2 amide bonds. The molecule has 0 radical (unpaired) electrons. The van der Waals surface area contributed by atoms with E-state index in [0.29, 0.717) is 0 Å². The van der Waals surface area contributed by atoms with Gasteiger partial charge in [0.1, 0.15) is 6.04 Å². The van der Waals surface area contributed by atoms with Gasteiger partial charge in [-0.25, -0.2) is 0 Å². The van der Waals surface area contributed by atoms with E-state index in [2.05, 4.69) is 5.32 Å². The molecule has 1 N–H and O–H groups in total. The monoisotopic (exact) mass is 198 g/mol. The number of carbonyl (C=O) groups excluding carboxylic acids is 2. The number of amides is 2. The first-order valence-electron chi connectivity index (χ1n) is 5.10. The number of hydrogen-bond donors (Lipinski definition) is 1. The van der Waals surface area contributed by atoms with Gasteiger partial charge >= 0.3 is 0 Å². The Bertz CT molecular complexity index is 238. The van der Waals surface area contributed by atoms with Gasteiger partial charge in [0.2, 0.25) is 11.8 Å². The minimum absolute atomic E-state index is 0.0275. The molecule has 4 heteroatoms. The van der Waals surface area contributed by atoms with Gasteiger partial charge in [-0.1, -0.05) is 13.8 Å². The van der Waals surface area contributed by atoms with Gasteiger partial charge in [0.25, 0.3) is 0 Å². The lowest BCUT2D eigenvalue weighted by Crippen LogP contribution is -2.46. The van der Waals surface area contributed by atoms with E-state index in [1.165, 1.54) is 0 Å². The van der Waals surface area contributed by atoms with E-state index >= 15 is 0 Å². The summed E-state index contributed by atoms with van der Waals surface area (Å²) in [6, 6.07) is -0.241. The van der Waals surface area contributed by atoms with Crippen LogP contribution < -0.4 is 5.32 Å². The highest BCUT2D eigenvalue weighted by atomic mass is 16.2. The van der Waals surface area contributed by atoms with Gasteiger partial charge in [0, 0.05) is 19.5 Å². The number of nitrogens with zero attached hydrogens (tertiary/aromatic N) is 1. The summed E-state index contributed by atoms with van der Waals surface area (Å²) in [6.45, 7) is 4.44. The van der Waals surface area contributed by atoms with Crippen molar-refractivity contribution >= 4 is 11.8 Å². The van der Waals surface area contributed by atoms with E-state index in [9.17, 15) is 9.59 Å². The van der Waals surface area contributed by atoms with Crippen LogP contribution in [0.25, 0.3) is 0 Å². The smallest absolute Gasteiger partial charge is 0.242 e. The molecule has 1 rings (SSSR count). The van der Waals surface area contributed by atoms with Crippen molar-refractivity contribution < 1.29 is 9.59 Å². The summed E-state index contributed by atoms with van der Waals surface area (Å²) in [6.07, 6.45) is 1.72. The molecule has 1 saturated heterocycles. The molecular formula is C10H18N2O2. The molecule has 0 saturated carbocycles. The van der Waals surface area contributed by atoms with Gasteiger partial charge in [-0.2, -0.15) is 0 Å². The Morgan fingerprint density at radius 1 is 1.43 bits per heavy atom. The van der Waals surface area contributed by atoms with Crippen molar-refractivity contribution in [1.82, 2.24) is 10.2 Å². The first kappa shape index (κ1) is 11.0. The average molecular weight is 198 g/mol. The minimum atomic E-state index is -0.241. The average Bonchev–Trinajstić information content (AvgIpc) is 2.63. The Labute approximate surface area is 84.7 Å². The maximum Gasteiger partial charge on any atom is 0.242 e. The van der Waals surface area contributed by atoms with Crippen molar-refractivity contribution in [1.29, 1.82) is 0 Å². The lowest BCUT2D eigenvalue weighted by molar-refractivity contribution is -0.140. The van der Waals surface area contributed by atoms with Crippen LogP contribution in [0.3, 0.4) is 0 Å². The summed E-state index contributed by atoms with van der Waals surface area (Å²) in [5.74, 6) is 0.00727. The van der Waals surface area contributed by atoms with Gasteiger partial charge in [-0.05, 0) is 12.8 Å². The van der Waals surface area contributed by atoms with Crippen molar-refractivity contribution in [3.05, 3.63) is 0 Å². The Balaban J connectivity index is 2.68. The predicted molar refractivity (Wildman–Crippen MR) is 53.6 cm³/mol. The summed E-state index contributed by atoms with van der Waals surface area (Å²) in [7, 11) is 1.61. The number of hydrogen-bond acceptors (Lipinski definition) is 2. The zero-order valence-electron chi connectivity index (χ0n) is 9.04. The first-order valence-corrected chi connectivity index (χ1v) is 5.10. The van der Waals surface area contributed by atoms with Crippen molar-refractivity contribution in [3.63, 3.8) is 0 Å². The van der Waals surface area contributed by atoms with Crippen LogP contribution in [-0.4, -0.2) is 36.3 Å². The second kappa shape index (κ2) is 4.44. The number of carbonyl (C=O) groups is 2. The lowest BCUT2D eigenvalue weighted by Gasteiger charge is -2.24. The normalized spacial score (nSPS) is 21.4. The standard InChI is InChI=1S/C10H18N2O2/c1-7(2)10(14)12-6-4-5-8(12)9(13)11-3/h7-8H,4-6H2,1-3H3,(H,11,13)/t8-/m0/s1. The van der Waals surface area contributed by atoms with E-state index < -0.39 is 0 Å². The minimum Gasteiger partial charge on any atom is -0.357 e. The molecule has 4 nitrogen and oxygen atoms in total. The Kier molecular flexibility index (Phi) is 3.49. The van der Waals surface area contributed by atoms with Crippen molar-refractivity contribution in [3.8, 4) is 0 Å². The van der Waals surface area contributed by atoms with Gasteiger partial charge in [-0.3, -0.25) is 9.59 Å². The van der Waals surface area contributed by atoms with E-state index in [1.807, 2.05) is 13.8 Å². The lowest BCUT2D eigenvalue weighted by atomic mass is 10.1. The Hall–Kier alpha value is -1.06. The van der Waals surface area contributed by atoms with Crippen LogP contribution in [0.1, 0.15) is 26.7 Å². The molecule has 0 aromatic carbocycles. The van der Waals surface area contributed by atoms with Crippen LogP contribution >= 0.6 is 0 Å². The number of likely N-dealkylation sites (N-methyl/N-ethyl adjacent to an activating group) is 1. The molecule has 0 unspecified atom stereocenters. The fourth-order valence-electron chi connectivity index (χ4n) is 1.80. The third-order valence-electron chi connectivity index (χ3n) is 2.58. The van der Waals surface area contributed by atoms with Crippen LogP contribution in [0.2, 0.25) is 0 Å². The van der Waals surface area contributed by atoms with E-state index in [-0.39, 0.29) is 23.8 Å². The summed E-state index contributed by atoms with van der Waals surface area (Å²) in [5.41, 5.74) is 0. The highest BCUT2D eigenvalue weighted by molar-refractivity contribution is 5.88. The number of nitrogens with one attached hydrogen (secondary N) is 1. The molecule has 1 heterocycles. The van der Waals surface area contributed by atoms with Gasteiger partial charge in [0.15, 0.2) is 0 Å². The summed E-state index contributed by atoms with van der Waals surface area (Å²) in [4.78, 5) is 24.9. The van der Waals surface area contributed by atoms with E-state index in [1.54, 1.807) is 11.9 Å². The largest absolute Gasteiger partial charge is 0.357 e. The maximum atomic E-state index is 11.7. The van der Waals surface area contributed by atoms with Crippen LogP contribution in [0.15, 0.2) is 0 Å². The molecular weight excluding hydrogens is 180 g/mol. The van der Waals surface area contributed by atoms with Gasteiger partial charge in [-0.15, -0.1) is 0 Å². The third kappa shape index (κ3) is 2.05. The second-order valence-corrected chi connectivity index (χ2v) is 3.96. The zero-order chi connectivity index (χ0) is 10.7. The van der Waals surface area contributed by atoms with Crippen LogP contribution in [0.5, 0.6) is 0 Å². The molecule has 14 heavy (non-hydrogen) atoms. The topological polar surface area (TPSA) is 49.4 Å². The molecule has 1 atom stereocenters. The molecule has 0 aliphatic carbocycles. The fourth-order valence-corrected chi connectivity index (χ4v) is 1.80. The van der Waals surface area contributed by atoms with E-state index in [4.69, 9.17) is 0 Å². The Morgan fingerprint density at radius 2 is 2.07 bits per heavy atom. The molecule has 1 aliphatic heterocycles. The summed E-state index contributed by atoms with van der Waals surface area (Å²) in [5, 5.41) is 2.60.